The number of hydrogen-bond acceptors (Lipinski definition) is 2. The first kappa shape index (κ1) is 15.6. The van der Waals surface area contributed by atoms with Crippen LogP contribution < -0.4 is 10.4 Å². The fourth-order valence-corrected chi connectivity index (χ4v) is 3.51. The SMILES string of the molecule is O=c1[nH]c2ccc(C=C3c4ccccc4COc4cc(F)ccc43)cc2[nH]1. The maximum Gasteiger partial charge on any atom is 0.323 e. The van der Waals surface area contributed by atoms with Gasteiger partial charge in [0.2, 0.25) is 0 Å². The van der Waals surface area contributed by atoms with Gasteiger partial charge in [0.1, 0.15) is 18.2 Å². The maximum atomic E-state index is 13.8. The molecule has 2 N–H and O–H groups in total. The van der Waals surface area contributed by atoms with Crippen LogP contribution in [0.2, 0.25) is 0 Å². The van der Waals surface area contributed by atoms with Gasteiger partial charge in [0.05, 0.1) is 11.0 Å². The highest BCUT2D eigenvalue weighted by Crippen LogP contribution is 2.38. The minimum atomic E-state index is -0.328. The van der Waals surface area contributed by atoms with E-state index in [1.165, 1.54) is 12.1 Å². The van der Waals surface area contributed by atoms with E-state index in [0.717, 1.165) is 38.9 Å². The topological polar surface area (TPSA) is 57.9 Å². The van der Waals surface area contributed by atoms with Gasteiger partial charge in [0, 0.05) is 11.6 Å². The zero-order valence-electron chi connectivity index (χ0n) is 14.3. The van der Waals surface area contributed by atoms with Crippen molar-refractivity contribution in [3.8, 4) is 5.75 Å². The number of benzene rings is 3. The molecule has 1 aromatic heterocycles. The molecule has 0 bridgehead atoms. The Morgan fingerprint density at radius 2 is 1.78 bits per heavy atom. The molecule has 0 fully saturated rings. The van der Waals surface area contributed by atoms with Crippen molar-refractivity contribution < 1.29 is 9.13 Å². The molecule has 0 spiro atoms. The molecule has 27 heavy (non-hydrogen) atoms. The van der Waals surface area contributed by atoms with Crippen molar-refractivity contribution >= 4 is 22.7 Å². The molecule has 5 heteroatoms. The average molecular weight is 358 g/mol. The molecule has 5 rings (SSSR count). The van der Waals surface area contributed by atoms with Gasteiger partial charge < -0.3 is 14.7 Å². The van der Waals surface area contributed by atoms with E-state index in [4.69, 9.17) is 4.74 Å². The monoisotopic (exact) mass is 358 g/mol. The number of aromatic amines is 2. The van der Waals surface area contributed by atoms with Crippen molar-refractivity contribution in [2.24, 2.45) is 0 Å². The zero-order chi connectivity index (χ0) is 18.4. The standard InChI is InChI=1S/C22H15FN2O2/c23-15-6-7-17-18(9-13-5-8-19-20(10-13)25-22(26)24-19)16-4-2-1-3-14(16)12-27-21(17)11-15/h1-11H,12H2,(H2,24,25,26). The van der Waals surface area contributed by atoms with Gasteiger partial charge in [-0.05, 0) is 52.6 Å². The lowest BCUT2D eigenvalue weighted by Crippen LogP contribution is -1.99. The molecule has 1 aliphatic heterocycles. The van der Waals surface area contributed by atoms with Gasteiger partial charge in [0.15, 0.2) is 0 Å². The van der Waals surface area contributed by atoms with Gasteiger partial charge in [-0.25, -0.2) is 9.18 Å². The van der Waals surface area contributed by atoms with Crippen LogP contribution in [0.5, 0.6) is 5.75 Å². The van der Waals surface area contributed by atoms with E-state index in [9.17, 15) is 9.18 Å². The summed E-state index contributed by atoms with van der Waals surface area (Å²) in [6.45, 7) is 0.383. The third-order valence-corrected chi connectivity index (χ3v) is 4.78. The van der Waals surface area contributed by atoms with Crippen LogP contribution in [0.4, 0.5) is 4.39 Å². The Balaban J connectivity index is 1.75. The third-order valence-electron chi connectivity index (χ3n) is 4.78. The molecule has 1 aliphatic rings. The Labute approximate surface area is 153 Å². The van der Waals surface area contributed by atoms with Gasteiger partial charge in [-0.3, -0.25) is 0 Å². The zero-order valence-corrected chi connectivity index (χ0v) is 14.3. The number of H-pyrrole nitrogens is 2. The van der Waals surface area contributed by atoms with E-state index in [-0.39, 0.29) is 11.5 Å². The Morgan fingerprint density at radius 1 is 0.926 bits per heavy atom. The van der Waals surface area contributed by atoms with Gasteiger partial charge in [-0.15, -0.1) is 0 Å². The number of aromatic nitrogens is 2. The van der Waals surface area contributed by atoms with Gasteiger partial charge >= 0.3 is 5.69 Å². The molecule has 3 aromatic carbocycles. The molecule has 0 saturated carbocycles. The van der Waals surface area contributed by atoms with Crippen LogP contribution in [0.25, 0.3) is 22.7 Å². The van der Waals surface area contributed by atoms with Crippen molar-refractivity contribution in [1.82, 2.24) is 9.97 Å². The fraction of sp³-hybridized carbons (Fsp3) is 0.0455. The van der Waals surface area contributed by atoms with Crippen LogP contribution in [-0.4, -0.2) is 9.97 Å². The predicted octanol–water partition coefficient (Wildman–Crippen LogP) is 4.48. The van der Waals surface area contributed by atoms with Crippen molar-refractivity contribution in [3.63, 3.8) is 0 Å². The molecule has 0 saturated heterocycles. The first-order valence-corrected chi connectivity index (χ1v) is 8.62. The van der Waals surface area contributed by atoms with Crippen LogP contribution in [0, 0.1) is 5.82 Å². The molecular formula is C22H15FN2O2. The largest absolute Gasteiger partial charge is 0.488 e. The number of hydrogen-bond donors (Lipinski definition) is 2. The molecule has 4 aromatic rings. The number of nitrogens with one attached hydrogen (secondary N) is 2. The molecule has 2 heterocycles. The average Bonchev–Trinajstić information content (AvgIpc) is 2.97. The molecular weight excluding hydrogens is 343 g/mol. The van der Waals surface area contributed by atoms with Crippen LogP contribution in [-0.2, 0) is 6.61 Å². The van der Waals surface area contributed by atoms with E-state index in [1.807, 2.05) is 48.5 Å². The molecule has 0 unspecified atom stereocenters. The smallest absolute Gasteiger partial charge is 0.323 e. The molecule has 0 amide bonds. The second-order valence-electron chi connectivity index (χ2n) is 6.53. The highest BCUT2D eigenvalue weighted by Gasteiger charge is 2.19. The summed E-state index contributed by atoms with van der Waals surface area (Å²) in [5.74, 6) is 0.193. The predicted molar refractivity (Wildman–Crippen MR) is 103 cm³/mol. The Morgan fingerprint density at radius 3 is 2.70 bits per heavy atom. The summed E-state index contributed by atoms with van der Waals surface area (Å²) >= 11 is 0. The summed E-state index contributed by atoms with van der Waals surface area (Å²) in [6.07, 6.45) is 2.04. The summed E-state index contributed by atoms with van der Waals surface area (Å²) in [6, 6.07) is 18.3. The first-order chi connectivity index (χ1) is 13.2. The quantitative estimate of drug-likeness (QED) is 0.527. The minimum Gasteiger partial charge on any atom is -0.488 e. The molecule has 0 radical (unpaired) electrons. The summed E-state index contributed by atoms with van der Waals surface area (Å²) in [5.41, 5.74) is 6.07. The van der Waals surface area contributed by atoms with Crippen molar-refractivity contribution in [2.45, 2.75) is 6.61 Å². The molecule has 4 nitrogen and oxygen atoms in total. The summed E-state index contributed by atoms with van der Waals surface area (Å²) in [7, 11) is 0. The second kappa shape index (κ2) is 5.99. The number of ether oxygens (including phenoxy) is 1. The van der Waals surface area contributed by atoms with Crippen LogP contribution >= 0.6 is 0 Å². The van der Waals surface area contributed by atoms with Gasteiger partial charge in [-0.1, -0.05) is 30.3 Å². The third kappa shape index (κ3) is 2.73. The Kier molecular flexibility index (Phi) is 3.47. The Hall–Kier alpha value is -3.60. The van der Waals surface area contributed by atoms with Crippen LogP contribution in [0.1, 0.15) is 22.3 Å². The maximum absolute atomic E-state index is 13.8. The summed E-state index contributed by atoms with van der Waals surface area (Å²) in [5, 5.41) is 0. The second-order valence-corrected chi connectivity index (χ2v) is 6.53. The lowest BCUT2D eigenvalue weighted by Gasteiger charge is -2.11. The summed E-state index contributed by atoms with van der Waals surface area (Å²) in [4.78, 5) is 17.0. The normalized spacial score (nSPS) is 14.5. The fourth-order valence-electron chi connectivity index (χ4n) is 3.51. The molecule has 0 atom stereocenters. The minimum absolute atomic E-state index is 0.233. The number of imidazole rings is 1. The number of rotatable bonds is 1. The highest BCUT2D eigenvalue weighted by molar-refractivity contribution is 5.95. The number of fused-ring (bicyclic) bond motifs is 3. The van der Waals surface area contributed by atoms with Crippen molar-refractivity contribution in [3.05, 3.63) is 99.2 Å². The lowest BCUT2D eigenvalue weighted by molar-refractivity contribution is 0.305. The van der Waals surface area contributed by atoms with Crippen molar-refractivity contribution in [1.29, 1.82) is 0 Å². The lowest BCUT2D eigenvalue weighted by atomic mass is 9.92. The van der Waals surface area contributed by atoms with Gasteiger partial charge in [0.25, 0.3) is 0 Å². The van der Waals surface area contributed by atoms with Crippen LogP contribution in [0.15, 0.2) is 65.5 Å². The molecule has 132 valence electrons. The number of halogens is 1. The summed E-state index contributed by atoms with van der Waals surface area (Å²) < 4.78 is 19.6. The molecule has 0 aliphatic carbocycles. The van der Waals surface area contributed by atoms with Crippen molar-refractivity contribution in [2.75, 3.05) is 0 Å². The highest BCUT2D eigenvalue weighted by atomic mass is 19.1. The van der Waals surface area contributed by atoms with Gasteiger partial charge in [-0.2, -0.15) is 0 Å². The first-order valence-electron chi connectivity index (χ1n) is 8.62. The van der Waals surface area contributed by atoms with E-state index >= 15 is 0 Å². The van der Waals surface area contributed by atoms with E-state index < -0.39 is 0 Å². The van der Waals surface area contributed by atoms with Crippen LogP contribution in [0.3, 0.4) is 0 Å². The van der Waals surface area contributed by atoms with E-state index in [0.29, 0.717) is 12.4 Å². The Bertz CT molecular complexity index is 1270. The van der Waals surface area contributed by atoms with E-state index in [2.05, 4.69) is 9.97 Å². The van der Waals surface area contributed by atoms with E-state index in [1.54, 1.807) is 6.07 Å².